The van der Waals surface area contributed by atoms with E-state index in [1.54, 1.807) is 79.7 Å². The predicted octanol–water partition coefficient (Wildman–Crippen LogP) is 8.83. The van der Waals surface area contributed by atoms with Crippen molar-refractivity contribution in [2.75, 3.05) is 5.32 Å². The van der Waals surface area contributed by atoms with Gasteiger partial charge in [0.05, 0.1) is 32.5 Å². The van der Waals surface area contributed by atoms with E-state index < -0.39 is 25.1 Å². The van der Waals surface area contributed by atoms with Gasteiger partial charge in [0.25, 0.3) is 26.1 Å². The van der Waals surface area contributed by atoms with E-state index in [9.17, 15) is 35.8 Å². The van der Waals surface area contributed by atoms with Crippen LogP contribution < -0.4 is 5.32 Å². The number of carbonyl (C=O) groups is 1. The molecule has 6 aromatic rings. The molecule has 6 rings (SSSR count). The molecule has 0 saturated carbocycles. The van der Waals surface area contributed by atoms with Gasteiger partial charge in [-0.15, -0.1) is 5.11 Å². The van der Waals surface area contributed by atoms with Crippen LogP contribution in [0.3, 0.4) is 0 Å². The zero-order valence-electron chi connectivity index (χ0n) is 25.4. The second kappa shape index (κ2) is 13.0. The lowest BCUT2D eigenvalue weighted by molar-refractivity contribution is 0.102. The molecule has 0 fully saturated rings. The van der Waals surface area contributed by atoms with Gasteiger partial charge in [0, 0.05) is 34.9 Å². The summed E-state index contributed by atoms with van der Waals surface area (Å²) in [6, 6.07) is 27.5. The molecule has 0 aliphatic rings. The average Bonchev–Trinajstić information content (AvgIpc) is 3.06. The molecule has 0 atom stereocenters. The van der Waals surface area contributed by atoms with E-state index in [1.807, 2.05) is 0 Å². The van der Waals surface area contributed by atoms with E-state index in [0.717, 1.165) is 6.07 Å². The number of phenols is 1. The van der Waals surface area contributed by atoms with Gasteiger partial charge >= 0.3 is 0 Å². The highest BCUT2D eigenvalue weighted by atomic mass is 32.2. The highest BCUT2D eigenvalue weighted by Crippen LogP contribution is 2.36. The first-order chi connectivity index (χ1) is 23.3. The van der Waals surface area contributed by atoms with Crippen LogP contribution in [0.5, 0.6) is 5.75 Å². The molecule has 6 aromatic carbocycles. The number of hydrogen-bond donors (Lipinski definition) is 4. The summed E-state index contributed by atoms with van der Waals surface area (Å²) >= 11 is 0. The van der Waals surface area contributed by atoms with Crippen molar-refractivity contribution in [2.24, 2.45) is 20.5 Å². The van der Waals surface area contributed by atoms with Crippen LogP contribution in [-0.4, -0.2) is 37.0 Å². The number of phenolic OH excluding ortho intramolecular Hbond substituents is 1. The molecule has 0 aromatic heterocycles. The Labute approximate surface area is 281 Å². The minimum Gasteiger partial charge on any atom is -0.507 e. The topological polar surface area (TPSA) is 208 Å². The molecule has 0 aliphatic carbocycles. The summed E-state index contributed by atoms with van der Waals surface area (Å²) in [5.41, 5.74) is 3.09. The van der Waals surface area contributed by atoms with Gasteiger partial charge in [0.15, 0.2) is 0 Å². The fourth-order valence-electron chi connectivity index (χ4n) is 5.01. The quantitative estimate of drug-likeness (QED) is 0.0890. The van der Waals surface area contributed by atoms with Gasteiger partial charge in [0.1, 0.15) is 5.75 Å². The van der Waals surface area contributed by atoms with Crippen LogP contribution in [0.15, 0.2) is 139 Å². The molecular formula is C34H27N5O8S2. The molecule has 15 heteroatoms. The van der Waals surface area contributed by atoms with Crippen molar-refractivity contribution in [2.45, 2.75) is 16.7 Å². The van der Waals surface area contributed by atoms with Gasteiger partial charge < -0.3 is 10.4 Å². The number of benzene rings is 6. The number of nitrogens with zero attached hydrogens (tertiary/aromatic N) is 4. The summed E-state index contributed by atoms with van der Waals surface area (Å²) in [6.45, 7) is 1.78. The molecule has 0 aliphatic heterocycles. The normalized spacial score (nSPS) is 12.3. The fraction of sp³-hybridized carbons (Fsp3) is 0.0294. The van der Waals surface area contributed by atoms with Crippen molar-refractivity contribution < 1.29 is 37.3 Å². The summed E-state index contributed by atoms with van der Waals surface area (Å²) in [5.74, 6) is -0.680. The van der Waals surface area contributed by atoms with E-state index in [2.05, 4.69) is 25.8 Å². The minimum absolute atomic E-state index is 0. The molecule has 49 heavy (non-hydrogen) atoms. The zero-order chi connectivity index (χ0) is 34.9. The van der Waals surface area contributed by atoms with Crippen molar-refractivity contribution in [3.63, 3.8) is 0 Å². The summed E-state index contributed by atoms with van der Waals surface area (Å²) in [4.78, 5) is 12.0. The Bertz CT molecular complexity index is 2580. The molecule has 248 valence electrons. The summed E-state index contributed by atoms with van der Waals surface area (Å²) in [6.07, 6.45) is 0. The van der Waals surface area contributed by atoms with Crippen molar-refractivity contribution >= 4 is 76.1 Å². The van der Waals surface area contributed by atoms with Crippen LogP contribution in [0.1, 0.15) is 17.3 Å². The third-order valence-corrected chi connectivity index (χ3v) is 9.14. The van der Waals surface area contributed by atoms with E-state index in [-0.39, 0.29) is 23.7 Å². The van der Waals surface area contributed by atoms with E-state index in [0.29, 0.717) is 55.4 Å². The lowest BCUT2D eigenvalue weighted by Crippen LogP contribution is -2.12. The lowest BCUT2D eigenvalue weighted by atomic mass is 10.1. The first kappa shape index (κ1) is 33.0. The van der Waals surface area contributed by atoms with Gasteiger partial charge in [-0.1, -0.05) is 24.3 Å². The number of azo groups is 2. The molecule has 13 nitrogen and oxygen atoms in total. The molecular weight excluding hydrogens is 671 g/mol. The summed E-state index contributed by atoms with van der Waals surface area (Å²) in [7, 11) is -9.07. The first-order valence-corrected chi connectivity index (χ1v) is 17.2. The maximum atomic E-state index is 12.8. The van der Waals surface area contributed by atoms with E-state index in [1.165, 1.54) is 30.3 Å². The maximum Gasteiger partial charge on any atom is 0.294 e. The van der Waals surface area contributed by atoms with Crippen LogP contribution in [0, 0.1) is 6.92 Å². The van der Waals surface area contributed by atoms with Crippen LogP contribution in [0.2, 0.25) is 0 Å². The van der Waals surface area contributed by atoms with Crippen molar-refractivity contribution in [3.05, 3.63) is 120 Å². The molecule has 0 heterocycles. The number of anilines is 1. The van der Waals surface area contributed by atoms with Crippen molar-refractivity contribution in [1.29, 1.82) is 0 Å². The standard InChI is InChI=1S/C34H25N5O8S2.H2/c1-20-15-23(8-12-30(20)38-37-24-7-10-27-22(16-24)17-26(19-33(27)40)49(45,46)47)36-39-32-14-13-31(35-34(41)21-5-3-2-4-6-21)28-11-9-25(18-29(28)32)48(42,43)44;/h2-19,40H,1H3,(H,35,41)(H,42,43,44)(H,45,46,47);1H. The Morgan fingerprint density at radius 1 is 0.633 bits per heavy atom. The molecule has 0 bridgehead atoms. The highest BCUT2D eigenvalue weighted by Gasteiger charge is 2.16. The van der Waals surface area contributed by atoms with Gasteiger partial charge in [-0.3, -0.25) is 13.9 Å². The Morgan fingerprint density at radius 3 is 1.96 bits per heavy atom. The van der Waals surface area contributed by atoms with E-state index in [4.69, 9.17) is 0 Å². The minimum atomic E-state index is -4.54. The number of amides is 1. The zero-order valence-corrected chi connectivity index (χ0v) is 27.0. The molecule has 0 radical (unpaired) electrons. The number of aryl methyl sites for hydroxylation is 1. The van der Waals surface area contributed by atoms with Crippen LogP contribution >= 0.6 is 0 Å². The molecule has 0 spiro atoms. The molecule has 0 saturated heterocycles. The molecule has 1 amide bonds. The Hall–Kier alpha value is -5.87. The Balaban J connectivity index is 0.00000486. The third-order valence-electron chi connectivity index (χ3n) is 7.46. The number of hydrogen-bond acceptors (Lipinski definition) is 10. The summed E-state index contributed by atoms with van der Waals surface area (Å²) < 4.78 is 66.0. The SMILES string of the molecule is Cc1cc(N=Nc2ccc(NC(=O)c3ccccc3)c3ccc(S(=O)(=O)O)cc23)ccc1N=Nc1ccc2c(O)cc(S(=O)(=O)O)cc2c1.[HH]. The second-order valence-corrected chi connectivity index (χ2v) is 13.7. The lowest BCUT2D eigenvalue weighted by Gasteiger charge is -2.11. The highest BCUT2D eigenvalue weighted by molar-refractivity contribution is 7.86. The summed E-state index contributed by atoms with van der Waals surface area (Å²) in [5, 5.41) is 31.6. The van der Waals surface area contributed by atoms with Gasteiger partial charge in [-0.25, -0.2) is 0 Å². The van der Waals surface area contributed by atoms with Crippen LogP contribution in [-0.2, 0) is 20.2 Å². The number of rotatable bonds is 8. The third kappa shape index (κ3) is 7.34. The van der Waals surface area contributed by atoms with E-state index >= 15 is 0 Å². The maximum absolute atomic E-state index is 12.8. The van der Waals surface area contributed by atoms with Gasteiger partial charge in [-0.2, -0.15) is 32.2 Å². The Kier molecular flexibility index (Phi) is 8.75. The fourth-order valence-corrected chi connectivity index (χ4v) is 6.05. The smallest absolute Gasteiger partial charge is 0.294 e. The number of nitrogens with one attached hydrogen (secondary N) is 1. The monoisotopic (exact) mass is 697 g/mol. The van der Waals surface area contributed by atoms with Crippen LogP contribution in [0.25, 0.3) is 21.5 Å². The molecule has 4 N–H and O–H groups in total. The van der Waals surface area contributed by atoms with Gasteiger partial charge in [-0.05, 0) is 96.7 Å². The van der Waals surface area contributed by atoms with Crippen molar-refractivity contribution in [1.82, 2.24) is 0 Å². The van der Waals surface area contributed by atoms with Crippen LogP contribution in [0.4, 0.5) is 28.4 Å². The number of fused-ring (bicyclic) bond motifs is 2. The predicted molar refractivity (Wildman–Crippen MR) is 185 cm³/mol. The second-order valence-electron chi connectivity index (χ2n) is 10.8. The first-order valence-electron chi connectivity index (χ1n) is 14.4. The number of carbonyl (C=O) groups excluding carboxylic acids is 1. The molecule has 0 unspecified atom stereocenters. The van der Waals surface area contributed by atoms with Gasteiger partial charge in [0.2, 0.25) is 0 Å². The number of aromatic hydroxyl groups is 1. The average molecular weight is 698 g/mol. The van der Waals surface area contributed by atoms with Crippen molar-refractivity contribution in [3.8, 4) is 5.75 Å². The largest absolute Gasteiger partial charge is 0.507 e. The Morgan fingerprint density at radius 2 is 1.27 bits per heavy atom.